The molecule has 1 amide bonds. The van der Waals surface area contributed by atoms with Crippen LogP contribution in [0, 0.1) is 17.5 Å². The van der Waals surface area contributed by atoms with Gasteiger partial charge >= 0.3 is 0 Å². The summed E-state index contributed by atoms with van der Waals surface area (Å²) >= 11 is 0. The zero-order chi connectivity index (χ0) is 14.4. The molecule has 1 aromatic rings. The van der Waals surface area contributed by atoms with Crippen LogP contribution >= 0.6 is 0 Å². The molecular formula is C13H16F3NO2. The van der Waals surface area contributed by atoms with Crippen molar-refractivity contribution in [3.8, 4) is 0 Å². The number of rotatable bonds is 6. The monoisotopic (exact) mass is 275 g/mol. The minimum Gasteiger partial charge on any atom is -0.395 e. The van der Waals surface area contributed by atoms with Crippen molar-refractivity contribution in [2.45, 2.75) is 19.8 Å². The van der Waals surface area contributed by atoms with E-state index >= 15 is 0 Å². The number of hydrogen-bond donors (Lipinski definition) is 1. The molecule has 0 aromatic heterocycles. The molecule has 0 atom stereocenters. The summed E-state index contributed by atoms with van der Waals surface area (Å²) in [6.07, 6.45) is 1.44. The summed E-state index contributed by atoms with van der Waals surface area (Å²) in [5.74, 6) is -4.42. The zero-order valence-electron chi connectivity index (χ0n) is 10.6. The molecule has 0 heterocycles. The highest BCUT2D eigenvalue weighted by Crippen LogP contribution is 2.17. The fourth-order valence-corrected chi connectivity index (χ4v) is 1.69. The molecule has 0 radical (unpaired) electrons. The standard InChI is InChI=1S/C13H16F3NO2/c1-2-3-4-17(5-6-18)13(19)12-10(15)7-9(14)8-11(12)16/h7-8,18H,2-6H2,1H3. The lowest BCUT2D eigenvalue weighted by Crippen LogP contribution is -2.35. The fourth-order valence-electron chi connectivity index (χ4n) is 1.69. The van der Waals surface area contributed by atoms with Gasteiger partial charge in [-0.15, -0.1) is 0 Å². The van der Waals surface area contributed by atoms with E-state index in [-0.39, 0.29) is 19.7 Å². The number of aliphatic hydroxyl groups is 1. The third-order valence-electron chi connectivity index (χ3n) is 2.66. The van der Waals surface area contributed by atoms with Crippen LogP contribution in [0.1, 0.15) is 30.1 Å². The van der Waals surface area contributed by atoms with Crippen LogP contribution in [0.25, 0.3) is 0 Å². The molecular weight excluding hydrogens is 259 g/mol. The maximum Gasteiger partial charge on any atom is 0.259 e. The van der Waals surface area contributed by atoms with Gasteiger partial charge in [-0.25, -0.2) is 13.2 Å². The van der Waals surface area contributed by atoms with Crippen molar-refractivity contribution >= 4 is 5.91 Å². The lowest BCUT2D eigenvalue weighted by molar-refractivity contribution is 0.0709. The molecule has 3 nitrogen and oxygen atoms in total. The molecule has 0 bridgehead atoms. The Kier molecular flexibility index (Phi) is 5.82. The summed E-state index contributed by atoms with van der Waals surface area (Å²) in [6.45, 7) is 1.86. The lowest BCUT2D eigenvalue weighted by atomic mass is 10.1. The number of halogens is 3. The number of unbranched alkanes of at least 4 members (excludes halogenated alkanes) is 1. The van der Waals surface area contributed by atoms with Gasteiger partial charge in [-0.05, 0) is 6.42 Å². The Morgan fingerprint density at radius 2 is 1.79 bits per heavy atom. The predicted molar refractivity (Wildman–Crippen MR) is 64.2 cm³/mol. The van der Waals surface area contributed by atoms with Crippen LogP contribution in [0.5, 0.6) is 0 Å². The number of carbonyl (C=O) groups is 1. The molecule has 1 rings (SSSR count). The average Bonchev–Trinajstić information content (AvgIpc) is 2.33. The largest absolute Gasteiger partial charge is 0.395 e. The molecule has 106 valence electrons. The van der Waals surface area contributed by atoms with Crippen molar-refractivity contribution in [3.63, 3.8) is 0 Å². The van der Waals surface area contributed by atoms with E-state index in [2.05, 4.69) is 0 Å². The van der Waals surface area contributed by atoms with Crippen LogP contribution in [0.3, 0.4) is 0 Å². The highest BCUT2D eigenvalue weighted by Gasteiger charge is 2.23. The highest BCUT2D eigenvalue weighted by molar-refractivity contribution is 5.94. The summed E-state index contributed by atoms with van der Waals surface area (Å²) in [6, 6.07) is 0.931. The number of nitrogens with zero attached hydrogens (tertiary/aromatic N) is 1. The Bertz CT molecular complexity index is 429. The molecule has 0 spiro atoms. The number of aliphatic hydroxyl groups excluding tert-OH is 1. The quantitative estimate of drug-likeness (QED) is 0.865. The van der Waals surface area contributed by atoms with Gasteiger partial charge in [0, 0.05) is 25.2 Å². The smallest absolute Gasteiger partial charge is 0.259 e. The first kappa shape index (κ1) is 15.5. The van der Waals surface area contributed by atoms with E-state index in [1.165, 1.54) is 0 Å². The highest BCUT2D eigenvalue weighted by atomic mass is 19.1. The van der Waals surface area contributed by atoms with Gasteiger partial charge in [0.25, 0.3) is 5.91 Å². The van der Waals surface area contributed by atoms with Crippen molar-refractivity contribution in [2.24, 2.45) is 0 Å². The molecule has 0 saturated heterocycles. The van der Waals surface area contributed by atoms with Crippen LogP contribution in [0.2, 0.25) is 0 Å². The summed E-state index contributed by atoms with van der Waals surface area (Å²) in [4.78, 5) is 13.2. The Labute approximate surface area is 109 Å². The second-order valence-electron chi connectivity index (χ2n) is 4.11. The molecule has 19 heavy (non-hydrogen) atoms. The summed E-state index contributed by atoms with van der Waals surface area (Å²) in [7, 11) is 0. The maximum absolute atomic E-state index is 13.5. The second-order valence-corrected chi connectivity index (χ2v) is 4.11. The SMILES string of the molecule is CCCCN(CCO)C(=O)c1c(F)cc(F)cc1F. The Morgan fingerprint density at radius 1 is 1.21 bits per heavy atom. The van der Waals surface area contributed by atoms with E-state index in [4.69, 9.17) is 5.11 Å². The summed E-state index contributed by atoms with van der Waals surface area (Å²) < 4.78 is 39.8. The van der Waals surface area contributed by atoms with Gasteiger partial charge in [0.05, 0.1) is 6.61 Å². The number of carbonyl (C=O) groups excluding carboxylic acids is 1. The zero-order valence-corrected chi connectivity index (χ0v) is 10.6. The van der Waals surface area contributed by atoms with E-state index in [0.717, 1.165) is 11.3 Å². The van der Waals surface area contributed by atoms with Gasteiger partial charge in [0.15, 0.2) is 0 Å². The minimum atomic E-state index is -1.23. The molecule has 0 fully saturated rings. The molecule has 1 aromatic carbocycles. The van der Waals surface area contributed by atoms with E-state index in [1.54, 1.807) is 0 Å². The van der Waals surface area contributed by atoms with Gasteiger partial charge < -0.3 is 10.0 Å². The predicted octanol–water partition coefficient (Wildman–Crippen LogP) is 2.34. The van der Waals surface area contributed by atoms with Crippen molar-refractivity contribution in [3.05, 3.63) is 35.1 Å². The van der Waals surface area contributed by atoms with E-state index < -0.39 is 28.9 Å². The Balaban J connectivity index is 3.02. The van der Waals surface area contributed by atoms with Gasteiger partial charge in [0.1, 0.15) is 23.0 Å². The first-order valence-corrected chi connectivity index (χ1v) is 6.06. The van der Waals surface area contributed by atoms with Crippen LogP contribution in [0.15, 0.2) is 12.1 Å². The van der Waals surface area contributed by atoms with Gasteiger partial charge in [-0.1, -0.05) is 13.3 Å². The minimum absolute atomic E-state index is 0.0188. The normalized spacial score (nSPS) is 10.6. The van der Waals surface area contributed by atoms with Crippen LogP contribution in [-0.4, -0.2) is 35.6 Å². The van der Waals surface area contributed by atoms with E-state index in [9.17, 15) is 18.0 Å². The Hall–Kier alpha value is -1.56. The van der Waals surface area contributed by atoms with Gasteiger partial charge in [-0.2, -0.15) is 0 Å². The first-order chi connectivity index (χ1) is 9.01. The molecule has 0 aliphatic carbocycles. The molecule has 0 aliphatic heterocycles. The topological polar surface area (TPSA) is 40.5 Å². The first-order valence-electron chi connectivity index (χ1n) is 6.06. The molecule has 6 heteroatoms. The molecule has 0 saturated carbocycles. The third-order valence-corrected chi connectivity index (χ3v) is 2.66. The van der Waals surface area contributed by atoms with Crippen molar-refractivity contribution in [1.29, 1.82) is 0 Å². The number of benzene rings is 1. The number of hydrogen-bond acceptors (Lipinski definition) is 2. The maximum atomic E-state index is 13.5. The van der Waals surface area contributed by atoms with Crippen LogP contribution in [-0.2, 0) is 0 Å². The summed E-state index contributed by atoms with van der Waals surface area (Å²) in [5.41, 5.74) is -0.786. The van der Waals surface area contributed by atoms with E-state index in [1.807, 2.05) is 6.92 Å². The van der Waals surface area contributed by atoms with E-state index in [0.29, 0.717) is 18.6 Å². The number of amides is 1. The van der Waals surface area contributed by atoms with Crippen molar-refractivity contribution in [1.82, 2.24) is 4.90 Å². The molecule has 0 aliphatic rings. The Morgan fingerprint density at radius 3 is 2.26 bits per heavy atom. The van der Waals surface area contributed by atoms with Gasteiger partial charge in [-0.3, -0.25) is 4.79 Å². The van der Waals surface area contributed by atoms with Gasteiger partial charge in [0.2, 0.25) is 0 Å². The fraction of sp³-hybridized carbons (Fsp3) is 0.462. The molecule has 1 N–H and O–H groups in total. The second kappa shape index (κ2) is 7.13. The summed E-state index contributed by atoms with van der Waals surface area (Å²) in [5, 5.41) is 8.87. The van der Waals surface area contributed by atoms with Crippen molar-refractivity contribution in [2.75, 3.05) is 19.7 Å². The molecule has 0 unspecified atom stereocenters. The third kappa shape index (κ3) is 3.96. The lowest BCUT2D eigenvalue weighted by Gasteiger charge is -2.22. The van der Waals surface area contributed by atoms with Crippen LogP contribution < -0.4 is 0 Å². The van der Waals surface area contributed by atoms with Crippen molar-refractivity contribution < 1.29 is 23.1 Å². The van der Waals surface area contributed by atoms with Crippen LogP contribution in [0.4, 0.5) is 13.2 Å². The average molecular weight is 275 g/mol.